The number of halogens is 3. The van der Waals surface area contributed by atoms with Crippen LogP contribution < -0.4 is 10.5 Å². The number of aromatic nitrogens is 1. The summed E-state index contributed by atoms with van der Waals surface area (Å²) in [5.74, 6) is -0.883. The Morgan fingerprint density at radius 1 is 1.26 bits per heavy atom. The maximum Gasteiger partial charge on any atom is 0.166 e. The molecule has 0 fully saturated rings. The molecule has 19 heavy (non-hydrogen) atoms. The first kappa shape index (κ1) is 13.5. The van der Waals surface area contributed by atoms with Gasteiger partial charge < -0.3 is 10.5 Å². The number of ether oxygens (including phenoxy) is 1. The highest BCUT2D eigenvalue weighted by molar-refractivity contribution is 6.31. The maximum absolute atomic E-state index is 13.7. The summed E-state index contributed by atoms with van der Waals surface area (Å²) < 4.78 is 32.5. The fourth-order valence-electron chi connectivity index (χ4n) is 1.67. The number of rotatable bonds is 3. The topological polar surface area (TPSA) is 48.1 Å². The van der Waals surface area contributed by atoms with E-state index in [1.165, 1.54) is 6.20 Å². The van der Waals surface area contributed by atoms with E-state index in [0.29, 0.717) is 0 Å². The number of hydrogen-bond donors (Lipinski definition) is 1. The number of nitrogens with two attached hydrogens (primary N) is 1. The third-order valence-electron chi connectivity index (χ3n) is 2.59. The molecule has 0 aliphatic heterocycles. The van der Waals surface area contributed by atoms with Crippen LogP contribution in [0.15, 0.2) is 30.5 Å². The molecule has 0 spiro atoms. The number of nitrogens with zero attached hydrogens (tertiary/aromatic N) is 1. The molecule has 6 heteroatoms. The van der Waals surface area contributed by atoms with Gasteiger partial charge in [-0.25, -0.2) is 13.8 Å². The summed E-state index contributed by atoms with van der Waals surface area (Å²) in [5, 5.41) is -0.296. The van der Waals surface area contributed by atoms with E-state index in [1.54, 1.807) is 19.1 Å². The van der Waals surface area contributed by atoms with Gasteiger partial charge in [-0.1, -0.05) is 11.6 Å². The third-order valence-corrected chi connectivity index (χ3v) is 2.97. The zero-order chi connectivity index (χ0) is 14.0. The number of anilines is 1. The molecule has 0 aliphatic carbocycles. The van der Waals surface area contributed by atoms with Crippen molar-refractivity contribution in [3.63, 3.8) is 0 Å². The van der Waals surface area contributed by atoms with Gasteiger partial charge in [0, 0.05) is 11.8 Å². The van der Waals surface area contributed by atoms with Crippen LogP contribution in [-0.2, 0) is 0 Å². The normalized spacial score (nSPS) is 12.2. The Hall–Kier alpha value is -1.88. The predicted molar refractivity (Wildman–Crippen MR) is 69.1 cm³/mol. The summed E-state index contributed by atoms with van der Waals surface area (Å²) >= 11 is 5.76. The van der Waals surface area contributed by atoms with Gasteiger partial charge in [-0.2, -0.15) is 0 Å². The highest BCUT2D eigenvalue weighted by atomic mass is 35.5. The Balaban J connectivity index is 2.33. The van der Waals surface area contributed by atoms with Crippen molar-refractivity contribution in [3.8, 4) is 5.75 Å². The van der Waals surface area contributed by atoms with E-state index in [1.807, 2.05) is 0 Å². The molecule has 0 unspecified atom stereocenters. The number of pyridine rings is 1. The molecule has 1 atom stereocenters. The van der Waals surface area contributed by atoms with Crippen LogP contribution in [0.2, 0.25) is 5.02 Å². The van der Waals surface area contributed by atoms with Crippen LogP contribution in [0, 0.1) is 11.6 Å². The van der Waals surface area contributed by atoms with E-state index in [0.717, 1.165) is 12.1 Å². The average molecular weight is 285 g/mol. The molecule has 1 aromatic carbocycles. The second-order valence-corrected chi connectivity index (χ2v) is 4.28. The smallest absolute Gasteiger partial charge is 0.166 e. The van der Waals surface area contributed by atoms with Gasteiger partial charge in [0.25, 0.3) is 0 Å². The molecule has 1 heterocycles. The van der Waals surface area contributed by atoms with Crippen molar-refractivity contribution >= 4 is 17.4 Å². The Morgan fingerprint density at radius 2 is 1.95 bits per heavy atom. The quantitative estimate of drug-likeness (QED) is 0.874. The van der Waals surface area contributed by atoms with Gasteiger partial charge in [-0.15, -0.1) is 0 Å². The van der Waals surface area contributed by atoms with Gasteiger partial charge in [0.05, 0.1) is 5.02 Å². The molecular formula is C13H11ClF2N2O. The van der Waals surface area contributed by atoms with Crippen LogP contribution in [-0.4, -0.2) is 4.98 Å². The summed E-state index contributed by atoms with van der Waals surface area (Å²) in [6.45, 7) is 1.55. The lowest BCUT2D eigenvalue weighted by Crippen LogP contribution is -2.09. The molecule has 3 nitrogen and oxygen atoms in total. The van der Waals surface area contributed by atoms with Gasteiger partial charge in [0.2, 0.25) is 0 Å². The Kier molecular flexibility index (Phi) is 3.85. The SMILES string of the molecule is C[C@H](Oc1cccnc1N)c1c(F)ccc(F)c1Cl. The number of nitrogen functional groups attached to an aromatic ring is 1. The van der Waals surface area contributed by atoms with Crippen molar-refractivity contribution in [2.45, 2.75) is 13.0 Å². The molecule has 1 aromatic heterocycles. The Morgan fingerprint density at radius 3 is 2.63 bits per heavy atom. The lowest BCUT2D eigenvalue weighted by atomic mass is 10.1. The van der Waals surface area contributed by atoms with Crippen LogP contribution in [0.3, 0.4) is 0 Å². The van der Waals surface area contributed by atoms with Gasteiger partial charge in [-0.05, 0) is 31.2 Å². The van der Waals surface area contributed by atoms with Gasteiger partial charge >= 0.3 is 0 Å². The highest BCUT2D eigenvalue weighted by Gasteiger charge is 2.20. The standard InChI is InChI=1S/C13H11ClF2N2O/c1-7(19-10-3-2-6-18-13(10)17)11-8(15)4-5-9(16)12(11)14/h2-7H,1H3,(H2,17,18)/t7-/m0/s1. The van der Waals surface area contributed by atoms with Crippen molar-refractivity contribution in [3.05, 3.63) is 52.7 Å². The molecule has 100 valence electrons. The first-order valence-electron chi connectivity index (χ1n) is 5.51. The zero-order valence-electron chi connectivity index (χ0n) is 10.0. The molecule has 0 saturated carbocycles. The predicted octanol–water partition coefficient (Wildman–Crippen LogP) is 3.74. The van der Waals surface area contributed by atoms with Crippen LogP contribution in [0.5, 0.6) is 5.75 Å². The second-order valence-electron chi connectivity index (χ2n) is 3.90. The van der Waals surface area contributed by atoms with Crippen molar-refractivity contribution in [2.24, 2.45) is 0 Å². The molecule has 2 rings (SSSR count). The van der Waals surface area contributed by atoms with Crippen LogP contribution in [0.1, 0.15) is 18.6 Å². The van der Waals surface area contributed by atoms with Crippen molar-refractivity contribution in [1.29, 1.82) is 0 Å². The monoisotopic (exact) mass is 284 g/mol. The summed E-state index contributed by atoms with van der Waals surface area (Å²) in [5.41, 5.74) is 5.57. The highest BCUT2D eigenvalue weighted by Crippen LogP contribution is 2.32. The molecule has 0 bridgehead atoms. The van der Waals surface area contributed by atoms with E-state index in [4.69, 9.17) is 22.1 Å². The third kappa shape index (κ3) is 2.76. The minimum absolute atomic E-state index is 0.0510. The average Bonchev–Trinajstić information content (AvgIpc) is 2.37. The molecule has 0 aliphatic rings. The molecule has 0 amide bonds. The summed E-state index contributed by atoms with van der Waals surface area (Å²) in [4.78, 5) is 3.84. The summed E-state index contributed by atoms with van der Waals surface area (Å²) in [7, 11) is 0. The van der Waals surface area contributed by atoms with Gasteiger partial charge in [0.1, 0.15) is 17.7 Å². The van der Waals surface area contributed by atoms with Gasteiger partial charge in [-0.3, -0.25) is 0 Å². The molecule has 0 radical (unpaired) electrons. The first-order chi connectivity index (χ1) is 9.00. The lowest BCUT2D eigenvalue weighted by molar-refractivity contribution is 0.221. The number of benzene rings is 1. The zero-order valence-corrected chi connectivity index (χ0v) is 10.8. The first-order valence-corrected chi connectivity index (χ1v) is 5.89. The van der Waals surface area contributed by atoms with E-state index in [2.05, 4.69) is 4.98 Å². The van der Waals surface area contributed by atoms with E-state index < -0.39 is 17.7 Å². The summed E-state index contributed by atoms with van der Waals surface area (Å²) in [6.07, 6.45) is 0.706. The van der Waals surface area contributed by atoms with E-state index >= 15 is 0 Å². The number of hydrogen-bond acceptors (Lipinski definition) is 3. The lowest BCUT2D eigenvalue weighted by Gasteiger charge is -2.17. The largest absolute Gasteiger partial charge is 0.482 e. The fraction of sp³-hybridized carbons (Fsp3) is 0.154. The Labute approximate surface area is 114 Å². The van der Waals surface area contributed by atoms with Crippen LogP contribution >= 0.6 is 11.6 Å². The maximum atomic E-state index is 13.7. The second kappa shape index (κ2) is 5.40. The molecule has 0 saturated heterocycles. The van der Waals surface area contributed by atoms with Crippen LogP contribution in [0.4, 0.5) is 14.6 Å². The fourth-order valence-corrected chi connectivity index (χ4v) is 1.97. The van der Waals surface area contributed by atoms with Crippen molar-refractivity contribution in [1.82, 2.24) is 4.98 Å². The van der Waals surface area contributed by atoms with Crippen LogP contribution in [0.25, 0.3) is 0 Å². The molecule has 2 N–H and O–H groups in total. The molecular weight excluding hydrogens is 274 g/mol. The van der Waals surface area contributed by atoms with Crippen molar-refractivity contribution in [2.75, 3.05) is 5.73 Å². The minimum Gasteiger partial charge on any atom is -0.482 e. The Bertz CT molecular complexity index is 607. The summed E-state index contributed by atoms with van der Waals surface area (Å²) in [6, 6.07) is 5.18. The van der Waals surface area contributed by atoms with Gasteiger partial charge in [0.15, 0.2) is 11.6 Å². The van der Waals surface area contributed by atoms with Crippen molar-refractivity contribution < 1.29 is 13.5 Å². The van der Waals surface area contributed by atoms with E-state index in [9.17, 15) is 8.78 Å². The van der Waals surface area contributed by atoms with E-state index in [-0.39, 0.29) is 22.2 Å². The minimum atomic E-state index is -0.797. The molecule has 2 aromatic rings.